The van der Waals surface area contributed by atoms with E-state index in [2.05, 4.69) is 61.5 Å². The van der Waals surface area contributed by atoms with Gasteiger partial charge in [0.2, 0.25) is 0 Å². The first-order chi connectivity index (χ1) is 13.7. The number of hydrazone groups is 1. The second-order valence-electron chi connectivity index (χ2n) is 6.42. The van der Waals surface area contributed by atoms with Gasteiger partial charge in [-0.1, -0.05) is 64.5 Å². The molecule has 1 aromatic heterocycles. The highest BCUT2D eigenvalue weighted by atomic mass is 79.9. The van der Waals surface area contributed by atoms with E-state index in [-0.39, 0.29) is 5.91 Å². The number of para-hydroxylation sites is 1. The summed E-state index contributed by atoms with van der Waals surface area (Å²) in [5.74, 6) is -0.239. The van der Waals surface area contributed by atoms with Crippen LogP contribution in [0.15, 0.2) is 94.6 Å². The van der Waals surface area contributed by atoms with E-state index in [1.165, 1.54) is 5.56 Å². The zero-order valence-electron chi connectivity index (χ0n) is 15.0. The molecule has 1 heterocycles. The maximum atomic E-state index is 12.2. The average Bonchev–Trinajstić information content (AvgIpc) is 3.07. The summed E-state index contributed by atoms with van der Waals surface area (Å²) >= 11 is 3.36. The molecule has 0 aliphatic heterocycles. The minimum atomic E-state index is -0.239. The minimum Gasteiger partial charge on any atom is -0.342 e. The fraction of sp³-hybridized carbons (Fsp3) is 0.0435. The largest absolute Gasteiger partial charge is 0.342 e. The Balaban J connectivity index is 1.56. The van der Waals surface area contributed by atoms with Gasteiger partial charge in [-0.2, -0.15) is 5.10 Å². The third-order valence-electron chi connectivity index (χ3n) is 4.49. The van der Waals surface area contributed by atoms with Crippen molar-refractivity contribution in [2.24, 2.45) is 5.10 Å². The van der Waals surface area contributed by atoms with E-state index in [4.69, 9.17) is 0 Å². The Kier molecular flexibility index (Phi) is 5.35. The number of benzene rings is 3. The molecule has 5 heteroatoms. The van der Waals surface area contributed by atoms with Crippen LogP contribution in [0.4, 0.5) is 0 Å². The van der Waals surface area contributed by atoms with Gasteiger partial charge >= 0.3 is 0 Å². The number of nitrogens with one attached hydrogen (secondary N) is 1. The van der Waals surface area contributed by atoms with Crippen molar-refractivity contribution >= 4 is 39.0 Å². The summed E-state index contributed by atoms with van der Waals surface area (Å²) in [6.45, 7) is 0.778. The molecule has 1 N–H and O–H groups in total. The Hall–Kier alpha value is -3.18. The number of carbonyl (C=O) groups excluding carboxylic acids is 1. The molecule has 3 aromatic carbocycles. The lowest BCUT2D eigenvalue weighted by molar-refractivity contribution is 0.0955. The van der Waals surface area contributed by atoms with Gasteiger partial charge in [0.05, 0.1) is 6.21 Å². The SMILES string of the molecule is O=C(NN=Cc1cn(Cc2ccccc2)c2ccccc12)c1ccc(Br)cc1. The molecular weight excluding hydrogens is 414 g/mol. The van der Waals surface area contributed by atoms with Crippen LogP contribution in [-0.2, 0) is 6.54 Å². The highest BCUT2D eigenvalue weighted by Crippen LogP contribution is 2.21. The molecule has 28 heavy (non-hydrogen) atoms. The Morgan fingerprint density at radius 3 is 2.46 bits per heavy atom. The molecule has 0 radical (unpaired) electrons. The molecule has 0 fully saturated rings. The predicted octanol–water partition coefficient (Wildman–Crippen LogP) is 5.22. The molecule has 4 nitrogen and oxygen atoms in total. The number of rotatable bonds is 5. The molecule has 0 bridgehead atoms. The second kappa shape index (κ2) is 8.23. The van der Waals surface area contributed by atoms with Crippen LogP contribution >= 0.6 is 15.9 Å². The van der Waals surface area contributed by atoms with Gasteiger partial charge in [-0.05, 0) is 35.9 Å². The zero-order valence-corrected chi connectivity index (χ0v) is 16.6. The van der Waals surface area contributed by atoms with E-state index < -0.39 is 0 Å². The van der Waals surface area contributed by atoms with Gasteiger partial charge in [0.15, 0.2) is 0 Å². The molecule has 1 amide bonds. The van der Waals surface area contributed by atoms with Crippen LogP contribution in [0.2, 0.25) is 0 Å². The lowest BCUT2D eigenvalue weighted by atomic mass is 10.2. The monoisotopic (exact) mass is 431 g/mol. The van der Waals surface area contributed by atoms with Crippen molar-refractivity contribution in [3.05, 3.63) is 106 Å². The van der Waals surface area contributed by atoms with E-state index in [1.807, 2.05) is 42.5 Å². The summed E-state index contributed by atoms with van der Waals surface area (Å²) in [5.41, 5.74) is 6.48. The van der Waals surface area contributed by atoms with Crippen LogP contribution in [0.25, 0.3) is 10.9 Å². The molecule has 0 aliphatic carbocycles. The lowest BCUT2D eigenvalue weighted by Crippen LogP contribution is -2.17. The fourth-order valence-electron chi connectivity index (χ4n) is 3.12. The standard InChI is InChI=1S/C23H18BrN3O/c24-20-12-10-18(11-13-20)23(28)26-25-14-19-16-27(15-17-6-2-1-3-7-17)22-9-5-4-8-21(19)22/h1-14,16H,15H2,(H,26,28). The van der Waals surface area contributed by atoms with E-state index in [9.17, 15) is 4.79 Å². The molecule has 4 rings (SSSR count). The highest BCUT2D eigenvalue weighted by Gasteiger charge is 2.08. The Labute approximate surface area is 171 Å². The number of aromatic nitrogens is 1. The van der Waals surface area contributed by atoms with Gasteiger partial charge < -0.3 is 4.57 Å². The van der Waals surface area contributed by atoms with Crippen LogP contribution in [-0.4, -0.2) is 16.7 Å². The lowest BCUT2D eigenvalue weighted by Gasteiger charge is -2.05. The van der Waals surface area contributed by atoms with Crippen LogP contribution in [0.1, 0.15) is 21.5 Å². The maximum Gasteiger partial charge on any atom is 0.271 e. The summed E-state index contributed by atoms with van der Waals surface area (Å²) in [7, 11) is 0. The van der Waals surface area contributed by atoms with Crippen molar-refractivity contribution in [1.29, 1.82) is 0 Å². The van der Waals surface area contributed by atoms with Crippen LogP contribution in [0.5, 0.6) is 0 Å². The number of carbonyl (C=O) groups is 1. The van der Waals surface area contributed by atoms with Gasteiger partial charge in [-0.15, -0.1) is 0 Å². The number of amides is 1. The van der Waals surface area contributed by atoms with E-state index in [1.54, 1.807) is 18.3 Å². The zero-order chi connectivity index (χ0) is 19.3. The Morgan fingerprint density at radius 2 is 1.68 bits per heavy atom. The Bertz CT molecular complexity index is 1130. The molecule has 0 unspecified atom stereocenters. The summed E-state index contributed by atoms with van der Waals surface area (Å²) < 4.78 is 3.13. The summed E-state index contributed by atoms with van der Waals surface area (Å²) in [6.07, 6.45) is 3.76. The van der Waals surface area contributed by atoms with E-state index in [0.29, 0.717) is 5.56 Å². The summed E-state index contributed by atoms with van der Waals surface area (Å²) in [6, 6.07) is 25.7. The number of nitrogens with zero attached hydrogens (tertiary/aromatic N) is 2. The smallest absolute Gasteiger partial charge is 0.271 e. The average molecular weight is 432 g/mol. The van der Waals surface area contributed by atoms with Gasteiger partial charge in [0.25, 0.3) is 5.91 Å². The highest BCUT2D eigenvalue weighted by molar-refractivity contribution is 9.10. The summed E-state index contributed by atoms with van der Waals surface area (Å²) in [4.78, 5) is 12.2. The quantitative estimate of drug-likeness (QED) is 0.341. The number of hydrogen-bond donors (Lipinski definition) is 1. The molecule has 4 aromatic rings. The van der Waals surface area contributed by atoms with Crippen LogP contribution in [0.3, 0.4) is 0 Å². The molecule has 0 saturated carbocycles. The van der Waals surface area contributed by atoms with Gasteiger partial charge in [-0.25, -0.2) is 5.43 Å². The van der Waals surface area contributed by atoms with E-state index >= 15 is 0 Å². The van der Waals surface area contributed by atoms with Crippen molar-refractivity contribution in [3.8, 4) is 0 Å². The van der Waals surface area contributed by atoms with Crippen molar-refractivity contribution in [1.82, 2.24) is 9.99 Å². The molecular formula is C23H18BrN3O. The van der Waals surface area contributed by atoms with Gasteiger partial charge in [-0.3, -0.25) is 4.79 Å². The summed E-state index contributed by atoms with van der Waals surface area (Å²) in [5, 5.41) is 5.26. The third kappa shape index (κ3) is 4.05. The molecule has 0 spiro atoms. The first-order valence-corrected chi connectivity index (χ1v) is 9.71. The van der Waals surface area contributed by atoms with Crippen LogP contribution < -0.4 is 5.43 Å². The molecule has 0 aliphatic rings. The van der Waals surface area contributed by atoms with Gasteiger partial charge in [0, 0.05) is 39.2 Å². The van der Waals surface area contributed by atoms with Crippen molar-refractivity contribution in [2.75, 3.05) is 0 Å². The van der Waals surface area contributed by atoms with Crippen LogP contribution in [0, 0.1) is 0 Å². The number of halogens is 1. The van der Waals surface area contributed by atoms with Gasteiger partial charge in [0.1, 0.15) is 0 Å². The molecule has 0 atom stereocenters. The minimum absolute atomic E-state index is 0.239. The second-order valence-corrected chi connectivity index (χ2v) is 7.34. The molecule has 0 saturated heterocycles. The molecule has 138 valence electrons. The van der Waals surface area contributed by atoms with Crippen molar-refractivity contribution < 1.29 is 4.79 Å². The first kappa shape index (κ1) is 18.2. The topological polar surface area (TPSA) is 46.4 Å². The predicted molar refractivity (Wildman–Crippen MR) is 117 cm³/mol. The fourth-order valence-corrected chi connectivity index (χ4v) is 3.38. The number of hydrogen-bond acceptors (Lipinski definition) is 2. The third-order valence-corrected chi connectivity index (χ3v) is 5.02. The number of fused-ring (bicyclic) bond motifs is 1. The normalized spacial score (nSPS) is 11.2. The Morgan fingerprint density at radius 1 is 0.964 bits per heavy atom. The van der Waals surface area contributed by atoms with Crippen molar-refractivity contribution in [2.45, 2.75) is 6.54 Å². The first-order valence-electron chi connectivity index (χ1n) is 8.91. The van der Waals surface area contributed by atoms with Crippen molar-refractivity contribution in [3.63, 3.8) is 0 Å². The van der Waals surface area contributed by atoms with E-state index in [0.717, 1.165) is 27.5 Å². The maximum absolute atomic E-state index is 12.2.